The Morgan fingerprint density at radius 1 is 1.15 bits per heavy atom. The SMILES string of the molecule is CCOC(=O)CC(=O)NC(C)c1ccc2c(C)cc(Oc3ccc(C(=N)N)cc3)nc2c1.Cl. The highest BCUT2D eigenvalue weighted by Gasteiger charge is 2.15. The van der Waals surface area contributed by atoms with E-state index in [2.05, 4.69) is 10.3 Å². The van der Waals surface area contributed by atoms with Crippen LogP contribution in [0.3, 0.4) is 0 Å². The lowest BCUT2D eigenvalue weighted by Crippen LogP contribution is -2.29. The van der Waals surface area contributed by atoms with Crippen LogP contribution in [0.1, 0.15) is 43.0 Å². The molecule has 3 rings (SSSR count). The number of nitrogen functional groups attached to an aromatic ring is 1. The van der Waals surface area contributed by atoms with Gasteiger partial charge in [0.2, 0.25) is 11.8 Å². The molecular weight excluding hydrogens is 444 g/mol. The summed E-state index contributed by atoms with van der Waals surface area (Å²) in [6.45, 7) is 5.75. The molecular formula is C24H27ClN4O4. The molecule has 1 heterocycles. The number of amides is 1. The van der Waals surface area contributed by atoms with Crippen molar-refractivity contribution in [3.63, 3.8) is 0 Å². The fraction of sp³-hybridized carbons (Fsp3) is 0.250. The molecule has 3 aromatic rings. The average Bonchev–Trinajstić information content (AvgIpc) is 2.73. The number of benzene rings is 2. The van der Waals surface area contributed by atoms with E-state index in [1.165, 1.54) is 0 Å². The third-order valence-corrected chi connectivity index (χ3v) is 4.89. The maximum Gasteiger partial charge on any atom is 0.315 e. The molecule has 0 bridgehead atoms. The molecule has 0 fully saturated rings. The van der Waals surface area contributed by atoms with E-state index in [4.69, 9.17) is 20.6 Å². The molecule has 0 aliphatic carbocycles. The van der Waals surface area contributed by atoms with Gasteiger partial charge < -0.3 is 20.5 Å². The molecule has 0 aliphatic rings. The van der Waals surface area contributed by atoms with Gasteiger partial charge in [-0.3, -0.25) is 15.0 Å². The Morgan fingerprint density at radius 3 is 2.48 bits per heavy atom. The first-order chi connectivity index (χ1) is 15.3. The summed E-state index contributed by atoms with van der Waals surface area (Å²) in [5.41, 5.74) is 8.67. The summed E-state index contributed by atoms with van der Waals surface area (Å²) in [5, 5.41) is 11.2. The Morgan fingerprint density at radius 2 is 1.85 bits per heavy atom. The fourth-order valence-corrected chi connectivity index (χ4v) is 3.25. The van der Waals surface area contributed by atoms with E-state index < -0.39 is 11.9 Å². The van der Waals surface area contributed by atoms with Crippen LogP contribution in [0.5, 0.6) is 11.6 Å². The Hall–Kier alpha value is -3.65. The molecule has 1 aromatic heterocycles. The number of pyridine rings is 1. The van der Waals surface area contributed by atoms with Gasteiger partial charge in [-0.05, 0) is 62.2 Å². The zero-order valence-corrected chi connectivity index (χ0v) is 19.5. The number of fused-ring (bicyclic) bond motifs is 1. The van der Waals surface area contributed by atoms with E-state index >= 15 is 0 Å². The van der Waals surface area contributed by atoms with Gasteiger partial charge in [-0.2, -0.15) is 0 Å². The van der Waals surface area contributed by atoms with Crippen molar-refractivity contribution in [3.05, 3.63) is 65.2 Å². The van der Waals surface area contributed by atoms with Gasteiger partial charge in [0.15, 0.2) is 0 Å². The maximum atomic E-state index is 12.1. The van der Waals surface area contributed by atoms with Crippen molar-refractivity contribution in [2.45, 2.75) is 33.2 Å². The van der Waals surface area contributed by atoms with Gasteiger partial charge in [-0.1, -0.05) is 12.1 Å². The molecule has 2 aromatic carbocycles. The van der Waals surface area contributed by atoms with Crippen LogP contribution in [0.2, 0.25) is 0 Å². The van der Waals surface area contributed by atoms with Crippen LogP contribution in [0.15, 0.2) is 48.5 Å². The van der Waals surface area contributed by atoms with Gasteiger partial charge in [0.05, 0.1) is 18.2 Å². The zero-order valence-electron chi connectivity index (χ0n) is 18.7. The number of aryl methyl sites for hydroxylation is 1. The fourth-order valence-electron chi connectivity index (χ4n) is 3.25. The summed E-state index contributed by atoms with van der Waals surface area (Å²) in [5.74, 6) is 0.0587. The Kier molecular flexibility index (Phi) is 8.76. The predicted molar refractivity (Wildman–Crippen MR) is 129 cm³/mol. The number of esters is 1. The summed E-state index contributed by atoms with van der Waals surface area (Å²) in [6, 6.07) is 14.2. The van der Waals surface area contributed by atoms with E-state index in [1.807, 2.05) is 38.1 Å². The number of nitrogens with two attached hydrogens (primary N) is 1. The van der Waals surface area contributed by atoms with Crippen molar-refractivity contribution in [2.24, 2.45) is 5.73 Å². The number of aromatic nitrogens is 1. The van der Waals surface area contributed by atoms with Crippen molar-refractivity contribution in [1.82, 2.24) is 10.3 Å². The molecule has 1 unspecified atom stereocenters. The number of carbonyl (C=O) groups is 2. The van der Waals surface area contributed by atoms with Gasteiger partial charge in [0.1, 0.15) is 18.0 Å². The van der Waals surface area contributed by atoms with Crippen LogP contribution in [0.4, 0.5) is 0 Å². The molecule has 1 atom stereocenters. The number of nitrogens with one attached hydrogen (secondary N) is 2. The zero-order chi connectivity index (χ0) is 23.3. The number of rotatable bonds is 8. The number of halogens is 1. The van der Waals surface area contributed by atoms with Crippen LogP contribution in [0, 0.1) is 12.3 Å². The number of carbonyl (C=O) groups excluding carboxylic acids is 2. The predicted octanol–water partition coefficient (Wildman–Crippen LogP) is 4.17. The number of hydrogen-bond donors (Lipinski definition) is 3. The number of hydrogen-bond acceptors (Lipinski definition) is 6. The van der Waals surface area contributed by atoms with Gasteiger partial charge in [-0.15, -0.1) is 12.4 Å². The average molecular weight is 471 g/mol. The highest BCUT2D eigenvalue weighted by Crippen LogP contribution is 2.27. The van der Waals surface area contributed by atoms with Crippen LogP contribution in [-0.4, -0.2) is 29.3 Å². The molecule has 33 heavy (non-hydrogen) atoms. The molecule has 0 aliphatic heterocycles. The third-order valence-electron chi connectivity index (χ3n) is 4.89. The summed E-state index contributed by atoms with van der Waals surface area (Å²) in [6.07, 6.45) is -0.316. The van der Waals surface area contributed by atoms with Gasteiger partial charge >= 0.3 is 5.97 Å². The van der Waals surface area contributed by atoms with Crippen LogP contribution < -0.4 is 15.8 Å². The molecule has 0 radical (unpaired) electrons. The quantitative estimate of drug-likeness (QED) is 0.196. The van der Waals surface area contributed by atoms with Crippen molar-refractivity contribution in [3.8, 4) is 11.6 Å². The normalized spacial score (nSPS) is 11.2. The van der Waals surface area contributed by atoms with E-state index in [1.54, 1.807) is 31.2 Å². The van der Waals surface area contributed by atoms with E-state index in [0.29, 0.717) is 17.2 Å². The number of ether oxygens (including phenoxy) is 2. The molecule has 9 heteroatoms. The summed E-state index contributed by atoms with van der Waals surface area (Å²) < 4.78 is 10.7. The molecule has 0 saturated heterocycles. The van der Waals surface area contributed by atoms with E-state index in [0.717, 1.165) is 22.0 Å². The first-order valence-electron chi connectivity index (χ1n) is 10.3. The molecule has 4 N–H and O–H groups in total. The van der Waals surface area contributed by atoms with Crippen molar-refractivity contribution < 1.29 is 19.1 Å². The van der Waals surface area contributed by atoms with E-state index in [9.17, 15) is 9.59 Å². The molecule has 0 spiro atoms. The maximum absolute atomic E-state index is 12.1. The van der Waals surface area contributed by atoms with Crippen molar-refractivity contribution in [2.75, 3.05) is 6.61 Å². The first-order valence-corrected chi connectivity index (χ1v) is 10.3. The highest BCUT2D eigenvalue weighted by atomic mass is 35.5. The number of nitrogens with zero attached hydrogens (tertiary/aromatic N) is 1. The smallest absolute Gasteiger partial charge is 0.315 e. The minimum atomic E-state index is -0.550. The second-order valence-corrected chi connectivity index (χ2v) is 7.37. The standard InChI is InChI=1S/C24H26N4O4.ClH/c1-4-31-23(30)13-21(29)27-15(3)17-7-10-19-14(2)11-22(28-20(19)12-17)32-18-8-5-16(6-9-18)24(25)26;/h5-12,15H,4,13H2,1-3H3,(H3,25,26)(H,27,29);1H. The second-order valence-electron chi connectivity index (χ2n) is 7.37. The molecule has 8 nitrogen and oxygen atoms in total. The Balaban J connectivity index is 0.00000385. The summed E-state index contributed by atoms with van der Waals surface area (Å²) in [4.78, 5) is 28.2. The van der Waals surface area contributed by atoms with Crippen LogP contribution in [-0.2, 0) is 14.3 Å². The van der Waals surface area contributed by atoms with Crippen LogP contribution >= 0.6 is 12.4 Å². The Bertz CT molecular complexity index is 1170. The summed E-state index contributed by atoms with van der Waals surface area (Å²) >= 11 is 0. The summed E-state index contributed by atoms with van der Waals surface area (Å²) in [7, 11) is 0. The second kappa shape index (κ2) is 11.3. The van der Waals surface area contributed by atoms with Gasteiger partial charge in [0.25, 0.3) is 0 Å². The lowest BCUT2D eigenvalue weighted by molar-refractivity contribution is -0.146. The van der Waals surface area contributed by atoms with Crippen molar-refractivity contribution in [1.29, 1.82) is 5.41 Å². The highest BCUT2D eigenvalue weighted by molar-refractivity contribution is 5.95. The lowest BCUT2D eigenvalue weighted by Gasteiger charge is -2.15. The minimum Gasteiger partial charge on any atom is -0.466 e. The first kappa shape index (κ1) is 25.6. The monoisotopic (exact) mass is 470 g/mol. The van der Waals surface area contributed by atoms with Crippen molar-refractivity contribution >= 4 is 41.0 Å². The third kappa shape index (κ3) is 6.66. The number of amidine groups is 1. The topological polar surface area (TPSA) is 127 Å². The van der Waals surface area contributed by atoms with Gasteiger partial charge in [0, 0.05) is 17.0 Å². The lowest BCUT2D eigenvalue weighted by atomic mass is 10.0. The van der Waals surface area contributed by atoms with E-state index in [-0.39, 0.29) is 37.3 Å². The molecule has 0 saturated carbocycles. The molecule has 174 valence electrons. The largest absolute Gasteiger partial charge is 0.466 e. The van der Waals surface area contributed by atoms with Gasteiger partial charge in [-0.25, -0.2) is 4.98 Å². The minimum absolute atomic E-state index is 0. The van der Waals surface area contributed by atoms with Crippen LogP contribution in [0.25, 0.3) is 10.9 Å². The molecule has 1 amide bonds. The Labute approximate surface area is 198 Å².